The molecule has 0 saturated heterocycles. The molecule has 12 nitrogen and oxygen atoms in total. The number of ether oxygens (including phenoxy) is 2. The summed E-state index contributed by atoms with van der Waals surface area (Å²) in [6, 6.07) is 9.59. The van der Waals surface area contributed by atoms with Crippen molar-refractivity contribution in [3.8, 4) is 5.75 Å². The largest absolute Gasteiger partial charge is 0.495 e. The third kappa shape index (κ3) is 6.89. The summed E-state index contributed by atoms with van der Waals surface area (Å²) >= 11 is 0. The third-order valence-corrected chi connectivity index (χ3v) is 5.49. The molecule has 2 rings (SSSR count). The van der Waals surface area contributed by atoms with Gasteiger partial charge in [-0.25, -0.2) is 8.42 Å². The highest BCUT2D eigenvalue weighted by Gasteiger charge is 2.26. The highest BCUT2D eigenvalue weighted by molar-refractivity contribution is 7.92. The number of methoxy groups -OCH3 is 2. The van der Waals surface area contributed by atoms with Crippen LogP contribution in [0.5, 0.6) is 5.75 Å². The van der Waals surface area contributed by atoms with Gasteiger partial charge in [0.05, 0.1) is 36.1 Å². The minimum absolute atomic E-state index is 0.0248. The van der Waals surface area contributed by atoms with Crippen molar-refractivity contribution in [2.24, 2.45) is 0 Å². The molecule has 0 saturated carbocycles. The molecule has 2 aromatic rings. The molecule has 0 aliphatic heterocycles. The van der Waals surface area contributed by atoms with Crippen LogP contribution in [-0.2, 0) is 19.6 Å². The molecular weight excluding hydrogens is 456 g/mol. The number of hydrogen-bond acceptors (Lipinski definition) is 8. The number of carbonyl (C=O) groups is 2. The second-order valence-corrected chi connectivity index (χ2v) is 8.63. The second-order valence-electron chi connectivity index (χ2n) is 6.73. The van der Waals surface area contributed by atoms with Gasteiger partial charge in [0, 0.05) is 25.8 Å². The number of sulfonamides is 1. The number of nitrogens with one attached hydrogen (secondary N) is 2. The van der Waals surface area contributed by atoms with Gasteiger partial charge in [0.1, 0.15) is 18.0 Å². The predicted molar refractivity (Wildman–Crippen MR) is 121 cm³/mol. The Kier molecular flexibility index (Phi) is 8.70. The fourth-order valence-electron chi connectivity index (χ4n) is 2.84. The van der Waals surface area contributed by atoms with E-state index < -0.39 is 33.3 Å². The van der Waals surface area contributed by atoms with E-state index in [1.807, 2.05) is 0 Å². The van der Waals surface area contributed by atoms with Gasteiger partial charge in [0.2, 0.25) is 15.9 Å². The molecule has 2 N–H and O–H groups in total. The number of nitro benzene ring substituents is 1. The van der Waals surface area contributed by atoms with Crippen LogP contribution in [0.25, 0.3) is 0 Å². The lowest BCUT2D eigenvalue weighted by atomic mass is 10.1. The van der Waals surface area contributed by atoms with Crippen molar-refractivity contribution < 1.29 is 32.4 Å². The van der Waals surface area contributed by atoms with E-state index in [0.717, 1.165) is 18.4 Å². The Hall–Kier alpha value is -3.71. The van der Waals surface area contributed by atoms with Gasteiger partial charge >= 0.3 is 0 Å². The molecule has 0 spiro atoms. The first-order chi connectivity index (χ1) is 15.6. The fourth-order valence-corrected chi connectivity index (χ4v) is 3.69. The zero-order valence-electron chi connectivity index (χ0n) is 18.2. The molecule has 33 heavy (non-hydrogen) atoms. The first-order valence-electron chi connectivity index (χ1n) is 9.54. The molecule has 13 heteroatoms. The van der Waals surface area contributed by atoms with Crippen LogP contribution in [0.1, 0.15) is 10.4 Å². The maximum absolute atomic E-state index is 12.8. The summed E-state index contributed by atoms with van der Waals surface area (Å²) in [4.78, 5) is 35.6. The van der Waals surface area contributed by atoms with E-state index in [-0.39, 0.29) is 34.9 Å². The average molecular weight is 480 g/mol. The lowest BCUT2D eigenvalue weighted by Crippen LogP contribution is -2.38. The number of nitrogens with zero attached hydrogens (tertiary/aromatic N) is 2. The van der Waals surface area contributed by atoms with Crippen molar-refractivity contribution in [3.63, 3.8) is 0 Å². The molecule has 2 aromatic carbocycles. The number of anilines is 2. The Balaban J connectivity index is 2.32. The lowest BCUT2D eigenvalue weighted by molar-refractivity contribution is -0.384. The van der Waals surface area contributed by atoms with E-state index in [0.29, 0.717) is 10.9 Å². The summed E-state index contributed by atoms with van der Waals surface area (Å²) < 4.78 is 35.6. The molecule has 0 radical (unpaired) electrons. The Morgan fingerprint density at radius 3 is 2.45 bits per heavy atom. The first-order valence-corrected chi connectivity index (χ1v) is 11.4. The quantitative estimate of drug-likeness (QED) is 0.277. The Morgan fingerprint density at radius 2 is 1.85 bits per heavy atom. The van der Waals surface area contributed by atoms with Gasteiger partial charge < -0.3 is 20.1 Å². The number of non-ortho nitro benzene ring substituents is 1. The van der Waals surface area contributed by atoms with Gasteiger partial charge in [0.15, 0.2) is 0 Å². The van der Waals surface area contributed by atoms with Gasteiger partial charge in [0.25, 0.3) is 11.6 Å². The first kappa shape index (κ1) is 25.5. The number of benzene rings is 2. The van der Waals surface area contributed by atoms with Crippen LogP contribution in [0.15, 0.2) is 42.5 Å². The van der Waals surface area contributed by atoms with E-state index in [9.17, 15) is 28.1 Å². The topological polar surface area (TPSA) is 157 Å². The molecular formula is C20H24N4O8S. The number of nitro groups is 1. The number of amides is 2. The second kappa shape index (κ2) is 11.2. The Labute approximate surface area is 190 Å². The molecule has 0 fully saturated rings. The number of carbonyl (C=O) groups excluding carboxylic acids is 2. The molecule has 0 aromatic heterocycles. The van der Waals surface area contributed by atoms with Crippen molar-refractivity contribution in [1.82, 2.24) is 5.32 Å². The zero-order chi connectivity index (χ0) is 24.6. The molecule has 0 unspecified atom stereocenters. The summed E-state index contributed by atoms with van der Waals surface area (Å²) in [6.45, 7) is -0.156. The summed E-state index contributed by atoms with van der Waals surface area (Å²) in [7, 11) is -1.29. The maximum atomic E-state index is 12.8. The zero-order valence-corrected chi connectivity index (χ0v) is 19.0. The van der Waals surface area contributed by atoms with E-state index in [4.69, 9.17) is 9.47 Å². The molecule has 0 heterocycles. The summed E-state index contributed by atoms with van der Waals surface area (Å²) in [5.74, 6) is -1.20. The standard InChI is InChI=1S/C20H24N4O8S/c1-31-11-10-21-20(26)15-6-4-5-7-16(15)22-19(25)13-23(33(3,29)30)17-12-14(24(27)28)8-9-18(17)32-2/h4-9,12H,10-11,13H2,1-3H3,(H,21,26)(H,22,25). The van der Waals surface area contributed by atoms with Gasteiger partial charge in [-0.2, -0.15) is 0 Å². The van der Waals surface area contributed by atoms with Crippen LogP contribution in [0.3, 0.4) is 0 Å². The van der Waals surface area contributed by atoms with Crippen LogP contribution in [0, 0.1) is 10.1 Å². The van der Waals surface area contributed by atoms with Gasteiger partial charge in [-0.15, -0.1) is 0 Å². The Bertz CT molecular complexity index is 1140. The summed E-state index contributed by atoms with van der Waals surface area (Å²) in [5, 5.41) is 16.3. The minimum atomic E-state index is -4.05. The normalized spacial score (nSPS) is 10.9. The highest BCUT2D eigenvalue weighted by atomic mass is 32.2. The van der Waals surface area contributed by atoms with Crippen LogP contribution in [0.4, 0.5) is 17.1 Å². The smallest absolute Gasteiger partial charge is 0.271 e. The van der Waals surface area contributed by atoms with E-state index in [1.54, 1.807) is 12.1 Å². The molecule has 0 bridgehead atoms. The van der Waals surface area contributed by atoms with Gasteiger partial charge in [-0.1, -0.05) is 12.1 Å². The van der Waals surface area contributed by atoms with E-state index in [2.05, 4.69) is 10.6 Å². The van der Waals surface area contributed by atoms with E-state index in [1.165, 1.54) is 32.4 Å². The monoisotopic (exact) mass is 480 g/mol. The minimum Gasteiger partial charge on any atom is -0.495 e. The van der Waals surface area contributed by atoms with Crippen molar-refractivity contribution in [2.75, 3.05) is 49.8 Å². The molecule has 178 valence electrons. The van der Waals surface area contributed by atoms with Crippen LogP contribution < -0.4 is 19.7 Å². The van der Waals surface area contributed by atoms with Crippen molar-refractivity contribution in [3.05, 3.63) is 58.1 Å². The van der Waals surface area contributed by atoms with Gasteiger partial charge in [-0.3, -0.25) is 24.0 Å². The van der Waals surface area contributed by atoms with Crippen molar-refractivity contribution in [1.29, 1.82) is 0 Å². The maximum Gasteiger partial charge on any atom is 0.271 e. The highest BCUT2D eigenvalue weighted by Crippen LogP contribution is 2.33. The Morgan fingerprint density at radius 1 is 1.15 bits per heavy atom. The molecule has 0 aliphatic rings. The SMILES string of the molecule is COCCNC(=O)c1ccccc1NC(=O)CN(c1cc([N+](=O)[O-])ccc1OC)S(C)(=O)=O. The van der Waals surface area contributed by atoms with Crippen LogP contribution in [0.2, 0.25) is 0 Å². The third-order valence-electron chi connectivity index (χ3n) is 4.37. The van der Waals surface area contributed by atoms with Gasteiger partial charge in [-0.05, 0) is 18.2 Å². The lowest BCUT2D eigenvalue weighted by Gasteiger charge is -2.23. The number of rotatable bonds is 11. The number of hydrogen-bond donors (Lipinski definition) is 2. The molecule has 0 aliphatic carbocycles. The van der Waals surface area contributed by atoms with E-state index >= 15 is 0 Å². The van der Waals surface area contributed by atoms with Crippen LogP contribution in [-0.4, -0.2) is 65.3 Å². The predicted octanol–water partition coefficient (Wildman–Crippen LogP) is 1.38. The fraction of sp³-hybridized carbons (Fsp3) is 0.300. The number of para-hydroxylation sites is 1. The summed E-state index contributed by atoms with van der Waals surface area (Å²) in [5.41, 5.74) is -0.217. The molecule has 2 amide bonds. The van der Waals surface area contributed by atoms with Crippen molar-refractivity contribution >= 4 is 38.9 Å². The summed E-state index contributed by atoms with van der Waals surface area (Å²) in [6.07, 6.45) is 0.857. The van der Waals surface area contributed by atoms with Crippen LogP contribution >= 0.6 is 0 Å². The van der Waals surface area contributed by atoms with Crippen molar-refractivity contribution in [2.45, 2.75) is 0 Å². The average Bonchev–Trinajstić information content (AvgIpc) is 2.76. The molecule has 0 atom stereocenters.